The van der Waals surface area contributed by atoms with E-state index in [0.717, 1.165) is 40.2 Å². The Balaban J connectivity index is 1.31. The molecule has 6 nitrogen and oxygen atoms in total. The molecule has 0 aliphatic heterocycles. The predicted octanol–water partition coefficient (Wildman–Crippen LogP) is 4.73. The van der Waals surface area contributed by atoms with Gasteiger partial charge in [0.05, 0.1) is 11.2 Å². The molecule has 0 amide bonds. The first-order valence-electron chi connectivity index (χ1n) is 10.7. The lowest BCUT2D eigenvalue weighted by Crippen LogP contribution is -2.55. The van der Waals surface area contributed by atoms with Gasteiger partial charge in [0.15, 0.2) is 11.6 Å². The number of nitrogen functional groups attached to an aromatic ring is 1. The molecule has 148 valence electrons. The third-order valence-corrected chi connectivity index (χ3v) is 7.19. The normalized spacial score (nSPS) is 29.9. The number of hydrogen-bond donors (Lipinski definition) is 3. The maximum Gasteiger partial charge on any atom is 0.159 e. The second-order valence-electron chi connectivity index (χ2n) is 9.31. The molecule has 6 heteroatoms. The summed E-state index contributed by atoms with van der Waals surface area (Å²) in [5, 5.41) is 8.25. The molecule has 0 atom stereocenters. The number of fused-ring (bicyclic) bond motifs is 1. The molecule has 4 fully saturated rings. The van der Waals surface area contributed by atoms with E-state index in [1.165, 1.54) is 38.5 Å². The standard InChI is InChI=1S/C23H26N6/c24-19-21(28-18-5-1-3-17-4-2-6-25-20(17)18)26-13-27-22(19)29-23-10-14-7-15(11-23)9-16(8-14)12-23/h1-6,13-16H,7-12,24H2,(H2,26,27,28,29). The van der Waals surface area contributed by atoms with Crippen molar-refractivity contribution in [2.24, 2.45) is 17.8 Å². The van der Waals surface area contributed by atoms with Gasteiger partial charge in [-0.3, -0.25) is 4.98 Å². The molecule has 0 unspecified atom stereocenters. The van der Waals surface area contributed by atoms with Gasteiger partial charge < -0.3 is 16.4 Å². The van der Waals surface area contributed by atoms with Gasteiger partial charge in [0.25, 0.3) is 0 Å². The Bertz CT molecular complexity index is 1040. The Labute approximate surface area is 170 Å². The first-order chi connectivity index (χ1) is 14.2. The fourth-order valence-electron chi connectivity index (χ4n) is 6.44. The number of para-hydroxylation sites is 1. The van der Waals surface area contributed by atoms with Gasteiger partial charge in [0.1, 0.15) is 12.0 Å². The summed E-state index contributed by atoms with van der Waals surface area (Å²) in [7, 11) is 0. The number of nitrogens with two attached hydrogens (primary N) is 1. The van der Waals surface area contributed by atoms with Crippen LogP contribution < -0.4 is 16.4 Å². The molecule has 0 radical (unpaired) electrons. The molecule has 29 heavy (non-hydrogen) atoms. The van der Waals surface area contributed by atoms with Crippen molar-refractivity contribution in [3.63, 3.8) is 0 Å². The lowest BCUT2D eigenvalue weighted by molar-refractivity contribution is 0.0106. The maximum absolute atomic E-state index is 6.53. The van der Waals surface area contributed by atoms with E-state index in [-0.39, 0.29) is 5.54 Å². The first-order valence-corrected chi connectivity index (χ1v) is 10.7. The summed E-state index contributed by atoms with van der Waals surface area (Å²) in [6, 6.07) is 10.1. The van der Waals surface area contributed by atoms with E-state index in [1.807, 2.05) is 18.2 Å². The second kappa shape index (κ2) is 6.31. The highest BCUT2D eigenvalue weighted by Crippen LogP contribution is 2.56. The molecule has 7 rings (SSSR count). The van der Waals surface area contributed by atoms with E-state index in [9.17, 15) is 0 Å². The highest BCUT2D eigenvalue weighted by molar-refractivity contribution is 5.93. The molecule has 4 saturated carbocycles. The molecular weight excluding hydrogens is 360 g/mol. The van der Waals surface area contributed by atoms with Crippen LogP contribution in [0.1, 0.15) is 38.5 Å². The topological polar surface area (TPSA) is 88.8 Å². The molecule has 3 aromatic rings. The van der Waals surface area contributed by atoms with E-state index in [0.29, 0.717) is 11.5 Å². The van der Waals surface area contributed by atoms with Crippen molar-refractivity contribution >= 4 is 33.9 Å². The van der Waals surface area contributed by atoms with Gasteiger partial charge in [-0.2, -0.15) is 0 Å². The smallest absolute Gasteiger partial charge is 0.159 e. The SMILES string of the molecule is Nc1c(Nc2cccc3cccnc23)ncnc1NC12CC3CC(CC(C3)C1)C2. The third-order valence-electron chi connectivity index (χ3n) is 7.19. The number of aromatic nitrogens is 3. The Morgan fingerprint density at radius 1 is 0.862 bits per heavy atom. The Hall–Kier alpha value is -2.89. The molecule has 2 heterocycles. The van der Waals surface area contributed by atoms with Crippen molar-refractivity contribution in [3.05, 3.63) is 42.9 Å². The van der Waals surface area contributed by atoms with Gasteiger partial charge in [0.2, 0.25) is 0 Å². The van der Waals surface area contributed by atoms with Gasteiger partial charge >= 0.3 is 0 Å². The molecule has 4 bridgehead atoms. The van der Waals surface area contributed by atoms with Crippen molar-refractivity contribution in [1.82, 2.24) is 15.0 Å². The molecule has 0 saturated heterocycles. The summed E-state index contributed by atoms with van der Waals surface area (Å²) >= 11 is 0. The molecule has 4 aliphatic carbocycles. The summed E-state index contributed by atoms with van der Waals surface area (Å²) in [6.07, 6.45) is 11.4. The summed E-state index contributed by atoms with van der Waals surface area (Å²) in [4.78, 5) is 13.5. The number of rotatable bonds is 4. The largest absolute Gasteiger partial charge is 0.393 e. The minimum absolute atomic E-state index is 0.162. The summed E-state index contributed by atoms with van der Waals surface area (Å²) in [5.41, 5.74) is 9.08. The van der Waals surface area contributed by atoms with E-state index >= 15 is 0 Å². The third kappa shape index (κ3) is 2.89. The highest BCUT2D eigenvalue weighted by Gasteiger charge is 2.51. The number of anilines is 4. The van der Waals surface area contributed by atoms with Gasteiger partial charge in [-0.1, -0.05) is 18.2 Å². The summed E-state index contributed by atoms with van der Waals surface area (Å²) < 4.78 is 0. The molecule has 0 spiro atoms. The van der Waals surface area contributed by atoms with Crippen molar-refractivity contribution in [2.75, 3.05) is 16.4 Å². The maximum atomic E-state index is 6.53. The Morgan fingerprint density at radius 2 is 1.55 bits per heavy atom. The number of benzene rings is 1. The zero-order chi connectivity index (χ0) is 19.4. The highest BCUT2D eigenvalue weighted by atomic mass is 15.1. The van der Waals surface area contributed by atoms with Crippen molar-refractivity contribution in [2.45, 2.75) is 44.1 Å². The Morgan fingerprint density at radius 3 is 2.31 bits per heavy atom. The minimum Gasteiger partial charge on any atom is -0.393 e. The average Bonchev–Trinajstić information content (AvgIpc) is 2.70. The van der Waals surface area contributed by atoms with Crippen LogP contribution in [0.15, 0.2) is 42.9 Å². The van der Waals surface area contributed by atoms with Crippen LogP contribution in [0.4, 0.5) is 23.0 Å². The monoisotopic (exact) mass is 386 g/mol. The van der Waals surface area contributed by atoms with Crippen LogP contribution >= 0.6 is 0 Å². The zero-order valence-corrected chi connectivity index (χ0v) is 16.4. The fraction of sp³-hybridized carbons (Fsp3) is 0.435. The Kier molecular flexibility index (Phi) is 3.70. The average molecular weight is 387 g/mol. The lowest BCUT2D eigenvalue weighted by atomic mass is 9.53. The predicted molar refractivity (Wildman–Crippen MR) is 116 cm³/mol. The van der Waals surface area contributed by atoms with Crippen LogP contribution in [0.25, 0.3) is 10.9 Å². The summed E-state index contributed by atoms with van der Waals surface area (Å²) in [5.74, 6) is 4.01. The van der Waals surface area contributed by atoms with Crippen LogP contribution in [0.5, 0.6) is 0 Å². The van der Waals surface area contributed by atoms with E-state index in [2.05, 4.69) is 37.7 Å². The number of nitrogens with zero attached hydrogens (tertiary/aromatic N) is 3. The van der Waals surface area contributed by atoms with Crippen molar-refractivity contribution in [1.29, 1.82) is 0 Å². The van der Waals surface area contributed by atoms with Gasteiger partial charge in [-0.15, -0.1) is 0 Å². The molecule has 4 N–H and O–H groups in total. The molecule has 1 aromatic carbocycles. The molecular formula is C23H26N6. The lowest BCUT2D eigenvalue weighted by Gasteiger charge is -2.57. The number of hydrogen-bond acceptors (Lipinski definition) is 6. The zero-order valence-electron chi connectivity index (χ0n) is 16.4. The van der Waals surface area contributed by atoms with Crippen LogP contribution in [0.3, 0.4) is 0 Å². The van der Waals surface area contributed by atoms with E-state index in [4.69, 9.17) is 5.73 Å². The minimum atomic E-state index is 0.162. The van der Waals surface area contributed by atoms with Crippen molar-refractivity contribution in [3.8, 4) is 0 Å². The van der Waals surface area contributed by atoms with Crippen LogP contribution in [0, 0.1) is 17.8 Å². The summed E-state index contributed by atoms with van der Waals surface area (Å²) in [6.45, 7) is 0. The molecule has 2 aromatic heterocycles. The van der Waals surface area contributed by atoms with E-state index < -0.39 is 0 Å². The van der Waals surface area contributed by atoms with Crippen LogP contribution in [-0.4, -0.2) is 20.5 Å². The second-order valence-corrected chi connectivity index (χ2v) is 9.31. The van der Waals surface area contributed by atoms with Gasteiger partial charge in [-0.25, -0.2) is 9.97 Å². The van der Waals surface area contributed by atoms with Crippen molar-refractivity contribution < 1.29 is 0 Å². The number of pyridine rings is 1. The fourth-order valence-corrected chi connectivity index (χ4v) is 6.44. The number of nitrogens with one attached hydrogen (secondary N) is 2. The van der Waals surface area contributed by atoms with Crippen LogP contribution in [-0.2, 0) is 0 Å². The van der Waals surface area contributed by atoms with Gasteiger partial charge in [0, 0.05) is 17.1 Å². The van der Waals surface area contributed by atoms with E-state index in [1.54, 1.807) is 12.5 Å². The van der Waals surface area contributed by atoms with Crippen LogP contribution in [0.2, 0.25) is 0 Å². The molecule has 4 aliphatic rings. The quantitative estimate of drug-likeness (QED) is 0.601. The van der Waals surface area contributed by atoms with Gasteiger partial charge in [-0.05, 0) is 68.4 Å². The first kappa shape index (κ1) is 17.0.